The molecule has 0 saturated heterocycles. The van der Waals surface area contributed by atoms with Gasteiger partial charge >= 0.3 is 0 Å². The van der Waals surface area contributed by atoms with Crippen molar-refractivity contribution in [3.8, 4) is 0 Å². The fraction of sp³-hybridized carbons (Fsp3) is 0.571. The summed E-state index contributed by atoms with van der Waals surface area (Å²) in [4.78, 5) is 0. The van der Waals surface area contributed by atoms with E-state index in [1.54, 1.807) is 0 Å². The zero-order valence-electron chi connectivity index (χ0n) is 9.91. The van der Waals surface area contributed by atoms with Crippen molar-refractivity contribution in [3.63, 3.8) is 0 Å². The zero-order valence-corrected chi connectivity index (χ0v) is 11.5. The van der Waals surface area contributed by atoms with Crippen LogP contribution in [0.15, 0.2) is 28.7 Å². The van der Waals surface area contributed by atoms with Gasteiger partial charge < -0.3 is 5.11 Å². The second kappa shape index (κ2) is 4.50. The van der Waals surface area contributed by atoms with Crippen molar-refractivity contribution < 1.29 is 5.11 Å². The van der Waals surface area contributed by atoms with Crippen LogP contribution in [0.5, 0.6) is 0 Å². The first-order chi connectivity index (χ1) is 7.51. The van der Waals surface area contributed by atoms with Gasteiger partial charge in [0.25, 0.3) is 0 Å². The first kappa shape index (κ1) is 12.1. The molecule has 0 aliphatic heterocycles. The van der Waals surface area contributed by atoms with Gasteiger partial charge in [0.1, 0.15) is 0 Å². The van der Waals surface area contributed by atoms with E-state index >= 15 is 0 Å². The Morgan fingerprint density at radius 3 is 2.38 bits per heavy atom. The van der Waals surface area contributed by atoms with Gasteiger partial charge in [-0.2, -0.15) is 0 Å². The summed E-state index contributed by atoms with van der Waals surface area (Å²) in [7, 11) is 0. The molecule has 1 aromatic rings. The van der Waals surface area contributed by atoms with Crippen molar-refractivity contribution >= 4 is 15.9 Å². The predicted molar refractivity (Wildman–Crippen MR) is 70.2 cm³/mol. The largest absolute Gasteiger partial charge is 0.385 e. The number of rotatable bonds is 1. The molecule has 0 bridgehead atoms. The lowest BCUT2D eigenvalue weighted by Crippen LogP contribution is -2.35. The lowest BCUT2D eigenvalue weighted by atomic mass is 9.70. The molecule has 0 amide bonds. The van der Waals surface area contributed by atoms with Crippen LogP contribution in [0.1, 0.15) is 38.7 Å². The molecular weight excluding hydrogens is 264 g/mol. The summed E-state index contributed by atoms with van der Waals surface area (Å²) in [5.74, 6) is 1.33. The molecule has 3 atom stereocenters. The Hall–Kier alpha value is -0.340. The predicted octanol–water partition coefficient (Wildman–Crippen LogP) is 4.09. The third kappa shape index (κ3) is 2.33. The van der Waals surface area contributed by atoms with Crippen molar-refractivity contribution in [2.75, 3.05) is 0 Å². The van der Waals surface area contributed by atoms with Crippen LogP contribution >= 0.6 is 15.9 Å². The molecule has 3 unspecified atom stereocenters. The summed E-state index contributed by atoms with van der Waals surface area (Å²) in [5.41, 5.74) is 0.460. The molecule has 2 rings (SSSR count). The fourth-order valence-corrected chi connectivity index (χ4v) is 2.87. The summed E-state index contributed by atoms with van der Waals surface area (Å²) in [6.07, 6.45) is 2.89. The minimum absolute atomic E-state index is 0.599. The van der Waals surface area contributed by atoms with Crippen molar-refractivity contribution in [1.82, 2.24) is 0 Å². The van der Waals surface area contributed by atoms with Gasteiger partial charge in [0.2, 0.25) is 0 Å². The maximum Gasteiger partial charge on any atom is 0.0899 e. The van der Waals surface area contributed by atoms with Crippen LogP contribution < -0.4 is 0 Å². The van der Waals surface area contributed by atoms with Crippen LogP contribution in [-0.4, -0.2) is 5.11 Å². The van der Waals surface area contributed by atoms with E-state index in [-0.39, 0.29) is 0 Å². The van der Waals surface area contributed by atoms with Crippen LogP contribution in [0, 0.1) is 11.8 Å². The van der Waals surface area contributed by atoms with E-state index in [0.29, 0.717) is 5.92 Å². The summed E-state index contributed by atoms with van der Waals surface area (Å²) < 4.78 is 1.07. The van der Waals surface area contributed by atoms with E-state index in [2.05, 4.69) is 29.8 Å². The summed E-state index contributed by atoms with van der Waals surface area (Å²) in [6, 6.07) is 8.09. The van der Waals surface area contributed by atoms with Gasteiger partial charge in [0.15, 0.2) is 0 Å². The molecular formula is C14H19BrO. The molecule has 88 valence electrons. The summed E-state index contributed by atoms with van der Waals surface area (Å²) in [5, 5.41) is 10.7. The van der Waals surface area contributed by atoms with Crippen LogP contribution in [-0.2, 0) is 5.60 Å². The Labute approximate surface area is 106 Å². The third-order valence-electron chi connectivity index (χ3n) is 4.03. The smallest absolute Gasteiger partial charge is 0.0899 e. The fourth-order valence-electron chi connectivity index (χ4n) is 2.61. The highest BCUT2D eigenvalue weighted by atomic mass is 79.9. The number of halogens is 1. The first-order valence-electron chi connectivity index (χ1n) is 6.00. The number of aliphatic hydroxyl groups is 1. The van der Waals surface area contributed by atoms with Gasteiger partial charge in [0, 0.05) is 4.47 Å². The minimum atomic E-state index is -0.605. The highest BCUT2D eigenvalue weighted by Gasteiger charge is 2.37. The average molecular weight is 283 g/mol. The van der Waals surface area contributed by atoms with E-state index in [9.17, 15) is 5.11 Å². The molecule has 0 heterocycles. The Kier molecular flexibility index (Phi) is 3.41. The Balaban J connectivity index is 2.22. The van der Waals surface area contributed by atoms with Crippen molar-refractivity contribution in [1.29, 1.82) is 0 Å². The van der Waals surface area contributed by atoms with Crippen LogP contribution in [0.3, 0.4) is 0 Å². The second-order valence-electron chi connectivity index (χ2n) is 5.24. The van der Waals surface area contributed by atoms with Crippen LogP contribution in [0.2, 0.25) is 0 Å². The molecule has 1 fully saturated rings. The van der Waals surface area contributed by atoms with Gasteiger partial charge in [-0.25, -0.2) is 0 Å². The first-order valence-corrected chi connectivity index (χ1v) is 6.79. The molecule has 16 heavy (non-hydrogen) atoms. The Morgan fingerprint density at radius 2 is 1.81 bits per heavy atom. The van der Waals surface area contributed by atoms with Gasteiger partial charge in [-0.3, -0.25) is 0 Å². The van der Waals surface area contributed by atoms with Gasteiger partial charge in [-0.1, -0.05) is 41.9 Å². The molecule has 1 aromatic carbocycles. The highest BCUT2D eigenvalue weighted by molar-refractivity contribution is 9.10. The van der Waals surface area contributed by atoms with Crippen LogP contribution in [0.25, 0.3) is 0 Å². The molecule has 1 aliphatic rings. The molecule has 0 radical (unpaired) electrons. The monoisotopic (exact) mass is 282 g/mol. The molecule has 1 aliphatic carbocycles. The zero-order chi connectivity index (χ0) is 11.8. The molecule has 2 heteroatoms. The highest BCUT2D eigenvalue weighted by Crippen LogP contribution is 2.42. The lowest BCUT2D eigenvalue weighted by molar-refractivity contribution is -0.0336. The minimum Gasteiger partial charge on any atom is -0.385 e. The van der Waals surface area contributed by atoms with Crippen LogP contribution in [0.4, 0.5) is 0 Å². The third-order valence-corrected chi connectivity index (χ3v) is 4.55. The van der Waals surface area contributed by atoms with E-state index in [1.165, 1.54) is 0 Å². The van der Waals surface area contributed by atoms with Crippen molar-refractivity contribution in [3.05, 3.63) is 34.3 Å². The topological polar surface area (TPSA) is 20.2 Å². The molecule has 0 aromatic heterocycles. The summed E-state index contributed by atoms with van der Waals surface area (Å²) >= 11 is 3.43. The van der Waals surface area contributed by atoms with Crippen molar-refractivity contribution in [2.24, 2.45) is 11.8 Å². The maximum atomic E-state index is 10.7. The average Bonchev–Trinajstić information content (AvgIpc) is 2.25. The van der Waals surface area contributed by atoms with E-state index in [4.69, 9.17) is 0 Å². The quantitative estimate of drug-likeness (QED) is 0.823. The summed E-state index contributed by atoms with van der Waals surface area (Å²) in [6.45, 7) is 4.53. The van der Waals surface area contributed by atoms with Gasteiger partial charge in [-0.15, -0.1) is 0 Å². The Bertz CT molecular complexity index is 360. The Morgan fingerprint density at radius 1 is 1.19 bits per heavy atom. The standard InChI is InChI=1S/C14H19BrO/c1-10-7-8-14(16,9-11(10)2)12-3-5-13(15)6-4-12/h3-6,10-11,16H,7-9H2,1-2H3. The molecule has 0 spiro atoms. The van der Waals surface area contributed by atoms with Crippen molar-refractivity contribution in [2.45, 2.75) is 38.7 Å². The maximum absolute atomic E-state index is 10.7. The van der Waals surface area contributed by atoms with Gasteiger partial charge in [0.05, 0.1) is 5.60 Å². The SMILES string of the molecule is CC1CCC(O)(c2ccc(Br)cc2)CC1C. The number of benzene rings is 1. The second-order valence-corrected chi connectivity index (χ2v) is 6.15. The van der Waals surface area contributed by atoms with E-state index in [1.807, 2.05) is 24.3 Å². The van der Waals surface area contributed by atoms with E-state index in [0.717, 1.165) is 35.2 Å². The number of hydrogen-bond donors (Lipinski definition) is 1. The number of hydrogen-bond acceptors (Lipinski definition) is 1. The normalized spacial score (nSPS) is 35.0. The van der Waals surface area contributed by atoms with Gasteiger partial charge in [-0.05, 0) is 48.8 Å². The molecule has 1 N–H and O–H groups in total. The molecule has 1 nitrogen and oxygen atoms in total. The molecule has 1 saturated carbocycles. The lowest BCUT2D eigenvalue weighted by Gasteiger charge is -2.39. The van der Waals surface area contributed by atoms with E-state index < -0.39 is 5.60 Å².